The summed E-state index contributed by atoms with van der Waals surface area (Å²) >= 11 is 0. The molecule has 0 aliphatic carbocycles. The van der Waals surface area contributed by atoms with Crippen LogP contribution in [0.3, 0.4) is 0 Å². The van der Waals surface area contributed by atoms with Crippen LogP contribution in [0.15, 0.2) is 109 Å². The minimum Gasteiger partial charge on any atom is -0.227 e. The van der Waals surface area contributed by atoms with Crippen LogP contribution < -0.4 is 4.57 Å². The number of rotatable bonds is 15. The quantitative estimate of drug-likeness (QED) is 0.0553. The highest BCUT2D eigenvalue weighted by Gasteiger charge is 2.56. The van der Waals surface area contributed by atoms with Crippen molar-refractivity contribution in [1.29, 1.82) is 0 Å². The Morgan fingerprint density at radius 2 is 0.968 bits per heavy atom. The van der Waals surface area contributed by atoms with E-state index in [1.165, 1.54) is 51.6 Å². The Labute approximate surface area is 364 Å². The number of halogens is 6. The van der Waals surface area contributed by atoms with E-state index < -0.39 is 23.2 Å². The van der Waals surface area contributed by atoms with Crippen molar-refractivity contribution in [2.24, 2.45) is 0 Å². The second-order valence-corrected chi connectivity index (χ2v) is 17.9. The lowest BCUT2D eigenvalue weighted by atomic mass is 9.70. The molecule has 8 heteroatoms. The number of hydrogen-bond acceptors (Lipinski definition) is 0. The third-order valence-electron chi connectivity index (χ3n) is 13.2. The molecule has 0 fully saturated rings. The zero-order valence-electron chi connectivity index (χ0n) is 37.7. The van der Waals surface area contributed by atoms with E-state index in [4.69, 9.17) is 0 Å². The molecule has 0 radical (unpaired) electrons. The fraction of sp³-hybridized carbons (Fsp3) is 0.389. The summed E-state index contributed by atoms with van der Waals surface area (Å²) in [6, 6.07) is 31.7. The maximum absolute atomic E-state index is 16.1. The highest BCUT2D eigenvalue weighted by Crippen LogP contribution is 2.51. The van der Waals surface area contributed by atoms with E-state index in [2.05, 4.69) is 62.8 Å². The van der Waals surface area contributed by atoms with Gasteiger partial charge >= 0.3 is 12.4 Å². The summed E-state index contributed by atoms with van der Waals surface area (Å²) in [5.74, 6) is 1.17. The molecule has 6 rings (SSSR count). The Morgan fingerprint density at radius 3 is 1.40 bits per heavy atom. The first kappa shape index (κ1) is 46.4. The minimum absolute atomic E-state index is 0.116. The van der Waals surface area contributed by atoms with Gasteiger partial charge < -0.3 is 0 Å². The summed E-state index contributed by atoms with van der Waals surface area (Å²) in [5, 5.41) is 0. The van der Waals surface area contributed by atoms with Gasteiger partial charge in [0, 0.05) is 13.8 Å². The van der Waals surface area contributed by atoms with Gasteiger partial charge in [-0.3, -0.25) is 0 Å². The summed E-state index contributed by atoms with van der Waals surface area (Å²) in [5.41, 5.74) is 7.42. The number of nitrogens with zero attached hydrogens (tertiary/aromatic N) is 2. The number of hydrogen-bond donors (Lipinski definition) is 0. The molecule has 0 bridgehead atoms. The summed E-state index contributed by atoms with van der Waals surface area (Å²) < 4.78 is 94.4. The van der Waals surface area contributed by atoms with Crippen LogP contribution in [0.25, 0.3) is 33.6 Å². The second kappa shape index (κ2) is 18.3. The summed E-state index contributed by atoms with van der Waals surface area (Å²) in [6.45, 7) is 18.8. The highest BCUT2D eigenvalue weighted by atomic mass is 19.4. The zero-order valence-corrected chi connectivity index (χ0v) is 37.7. The van der Waals surface area contributed by atoms with E-state index in [0.717, 1.165) is 49.9 Å². The van der Waals surface area contributed by atoms with Crippen molar-refractivity contribution in [2.75, 3.05) is 0 Å². The van der Waals surface area contributed by atoms with Gasteiger partial charge in [-0.1, -0.05) is 140 Å². The van der Waals surface area contributed by atoms with Crippen LogP contribution in [0.2, 0.25) is 0 Å². The number of aromatic nitrogens is 2. The summed E-state index contributed by atoms with van der Waals surface area (Å²) in [4.78, 5) is 0. The van der Waals surface area contributed by atoms with E-state index in [1.54, 1.807) is 60.7 Å². The third-order valence-corrected chi connectivity index (χ3v) is 13.2. The van der Waals surface area contributed by atoms with Crippen molar-refractivity contribution in [2.45, 2.75) is 137 Å². The van der Waals surface area contributed by atoms with Crippen LogP contribution in [-0.4, -0.2) is 16.9 Å². The van der Waals surface area contributed by atoms with Gasteiger partial charge in [-0.05, 0) is 117 Å². The predicted molar refractivity (Wildman–Crippen MR) is 242 cm³/mol. The molecular weight excluding hydrogens is 791 g/mol. The van der Waals surface area contributed by atoms with Crippen molar-refractivity contribution >= 4 is 0 Å². The lowest BCUT2D eigenvalue weighted by Crippen LogP contribution is -2.43. The third kappa shape index (κ3) is 9.16. The molecule has 1 atom stereocenters. The first-order chi connectivity index (χ1) is 29.2. The predicted octanol–water partition coefficient (Wildman–Crippen LogP) is 15.4. The Bertz CT molecular complexity index is 2430. The van der Waals surface area contributed by atoms with Crippen LogP contribution in [-0.2, 0) is 23.9 Å². The molecule has 0 N–H and O–H groups in total. The molecule has 2 nitrogen and oxygen atoms in total. The number of alkyl halides is 6. The van der Waals surface area contributed by atoms with E-state index in [1.807, 2.05) is 31.2 Å². The number of imidazole rings is 1. The normalized spacial score (nSPS) is 13.4. The first-order valence-corrected chi connectivity index (χ1v) is 21.9. The van der Waals surface area contributed by atoms with E-state index in [-0.39, 0.29) is 23.1 Å². The smallest absolute Gasteiger partial charge is 0.227 e. The maximum Gasteiger partial charge on any atom is 0.402 e. The SMILES string of the molecule is CCCCn1c(C)c(C)[n+](CCCCCC(c2ccc(-c3ccc(C)cc3)cc2)(c2ccc(-c3ccc(C(C)(C)C(F)(F)F)cc3)cc2)C(F)(F)F)c1-c1c(C)cc(C)cc1C. The fourth-order valence-corrected chi connectivity index (χ4v) is 9.16. The van der Waals surface area contributed by atoms with Crippen molar-refractivity contribution in [3.8, 4) is 33.6 Å². The first-order valence-electron chi connectivity index (χ1n) is 21.9. The van der Waals surface area contributed by atoms with E-state index >= 15 is 13.2 Å². The summed E-state index contributed by atoms with van der Waals surface area (Å²) in [7, 11) is 0. The molecule has 6 aromatic rings. The monoisotopic (exact) mass is 851 g/mol. The molecule has 1 heterocycles. The topological polar surface area (TPSA) is 8.81 Å². The van der Waals surface area contributed by atoms with Gasteiger partial charge in [-0.25, -0.2) is 9.13 Å². The molecule has 0 spiro atoms. The minimum atomic E-state index is -4.64. The standard InChI is InChI=1S/C54H61F6N2/c1-10-11-32-61-40(6)41(7)62(50(61)49-38(4)34-37(3)35-39(49)5)33-14-12-13-31-52(54(58,59)60,47-27-21-44(22-28-47)42-17-15-36(2)16-18-42)48-29-23-45(24-30-48)43-19-25-46(26-20-43)51(8,9)53(55,56)57/h15-30,34-35H,10-14,31-33H2,1-9H3/q+1. The Kier molecular flexibility index (Phi) is 13.7. The zero-order chi connectivity index (χ0) is 45.2. The lowest BCUT2D eigenvalue weighted by molar-refractivity contribution is -0.691. The number of benzene rings is 5. The van der Waals surface area contributed by atoms with Gasteiger partial charge in [0.25, 0.3) is 5.82 Å². The van der Waals surface area contributed by atoms with Crippen molar-refractivity contribution < 1.29 is 30.9 Å². The molecule has 0 aliphatic heterocycles. The fourth-order valence-electron chi connectivity index (χ4n) is 9.16. The number of unbranched alkanes of at least 4 members (excludes halogenated alkanes) is 3. The lowest BCUT2D eigenvalue weighted by Gasteiger charge is -2.37. The van der Waals surface area contributed by atoms with Crippen LogP contribution >= 0.6 is 0 Å². The Morgan fingerprint density at radius 1 is 0.516 bits per heavy atom. The molecule has 62 heavy (non-hydrogen) atoms. The second-order valence-electron chi connectivity index (χ2n) is 17.9. The van der Waals surface area contributed by atoms with Gasteiger partial charge in [-0.2, -0.15) is 26.3 Å². The molecule has 0 saturated carbocycles. The highest BCUT2D eigenvalue weighted by molar-refractivity contribution is 5.67. The molecule has 0 aliphatic rings. The Hall–Kier alpha value is -5.11. The largest absolute Gasteiger partial charge is 0.402 e. The molecule has 1 aromatic heterocycles. The molecule has 1 unspecified atom stereocenters. The van der Waals surface area contributed by atoms with Gasteiger partial charge in [0.1, 0.15) is 16.8 Å². The molecule has 0 saturated heterocycles. The average molecular weight is 852 g/mol. The molecular formula is C54H61F6N2+. The molecule has 5 aromatic carbocycles. The van der Waals surface area contributed by atoms with Crippen LogP contribution in [0.4, 0.5) is 26.3 Å². The van der Waals surface area contributed by atoms with Crippen LogP contribution in [0.5, 0.6) is 0 Å². The van der Waals surface area contributed by atoms with Gasteiger partial charge in [-0.15, -0.1) is 0 Å². The maximum atomic E-state index is 16.1. The summed E-state index contributed by atoms with van der Waals surface area (Å²) in [6.07, 6.45) is -5.47. The number of aryl methyl sites for hydroxylation is 4. The van der Waals surface area contributed by atoms with Crippen molar-refractivity contribution in [1.82, 2.24) is 4.57 Å². The van der Waals surface area contributed by atoms with Crippen molar-refractivity contribution in [3.63, 3.8) is 0 Å². The Balaban J connectivity index is 1.33. The van der Waals surface area contributed by atoms with E-state index in [9.17, 15) is 13.2 Å². The molecule has 0 amide bonds. The van der Waals surface area contributed by atoms with E-state index in [0.29, 0.717) is 36.9 Å². The van der Waals surface area contributed by atoms with Crippen LogP contribution in [0.1, 0.15) is 110 Å². The van der Waals surface area contributed by atoms with Gasteiger partial charge in [0.2, 0.25) is 0 Å². The van der Waals surface area contributed by atoms with Crippen LogP contribution in [0, 0.1) is 41.5 Å². The van der Waals surface area contributed by atoms with Crippen molar-refractivity contribution in [3.05, 3.63) is 160 Å². The average Bonchev–Trinajstić information content (AvgIpc) is 3.44. The van der Waals surface area contributed by atoms with Gasteiger partial charge in [0.15, 0.2) is 0 Å². The molecule has 328 valence electrons. The van der Waals surface area contributed by atoms with Gasteiger partial charge in [0.05, 0.1) is 24.1 Å².